The molecule has 0 radical (unpaired) electrons. The fourth-order valence-electron chi connectivity index (χ4n) is 8.59. The zero-order chi connectivity index (χ0) is 38.2. The molecule has 0 atom stereocenters. The van der Waals surface area contributed by atoms with E-state index in [-0.39, 0.29) is 0 Å². The summed E-state index contributed by atoms with van der Waals surface area (Å²) < 4.78 is 0. The molecule has 0 bridgehead atoms. The van der Waals surface area contributed by atoms with E-state index in [1.54, 1.807) is 0 Å². The van der Waals surface area contributed by atoms with Crippen molar-refractivity contribution in [1.82, 2.24) is 9.97 Å². The van der Waals surface area contributed by atoms with Crippen molar-refractivity contribution in [2.45, 2.75) is 5.41 Å². The Bertz CT molecular complexity index is 2890. The van der Waals surface area contributed by atoms with E-state index in [0.717, 1.165) is 78.1 Å². The molecule has 0 spiro atoms. The molecule has 0 saturated carbocycles. The van der Waals surface area contributed by atoms with E-state index in [1.807, 2.05) is 36.4 Å². The normalized spacial score (nSPS) is 12.3. The molecule has 10 rings (SSSR count). The van der Waals surface area contributed by atoms with E-state index >= 15 is 0 Å². The summed E-state index contributed by atoms with van der Waals surface area (Å²) in [6.45, 7) is 0. The highest BCUT2D eigenvalue weighted by molar-refractivity contribution is 5.91. The van der Waals surface area contributed by atoms with Gasteiger partial charge in [-0.15, -0.1) is 0 Å². The van der Waals surface area contributed by atoms with Crippen LogP contribution in [-0.4, -0.2) is 9.97 Å². The second-order valence-corrected chi connectivity index (χ2v) is 14.4. The zero-order valence-electron chi connectivity index (χ0n) is 31.0. The maximum atomic E-state index is 10.4. The third kappa shape index (κ3) is 5.84. The van der Waals surface area contributed by atoms with Crippen LogP contribution in [0.2, 0.25) is 0 Å². The Labute approximate surface area is 332 Å². The maximum absolute atomic E-state index is 10.4. The number of rotatable bonds is 7. The van der Waals surface area contributed by atoms with Crippen LogP contribution in [0.1, 0.15) is 27.8 Å². The number of hydrogen-bond donors (Lipinski definition) is 0. The first kappa shape index (κ1) is 33.9. The van der Waals surface area contributed by atoms with E-state index in [9.17, 15) is 5.26 Å². The van der Waals surface area contributed by atoms with Gasteiger partial charge in [0.15, 0.2) is 5.82 Å². The quantitative estimate of drug-likeness (QED) is 0.164. The molecule has 1 aliphatic rings. The van der Waals surface area contributed by atoms with Crippen molar-refractivity contribution in [2.24, 2.45) is 0 Å². The van der Waals surface area contributed by atoms with Crippen LogP contribution in [-0.2, 0) is 5.41 Å². The van der Waals surface area contributed by atoms with Crippen LogP contribution < -0.4 is 0 Å². The summed E-state index contributed by atoms with van der Waals surface area (Å²) in [6, 6.07) is 76.8. The first-order valence-corrected chi connectivity index (χ1v) is 19.2. The molecule has 8 aromatic carbocycles. The molecule has 0 aliphatic heterocycles. The van der Waals surface area contributed by atoms with Crippen molar-refractivity contribution in [3.05, 3.63) is 240 Å². The molecule has 1 aliphatic carbocycles. The van der Waals surface area contributed by atoms with Crippen molar-refractivity contribution in [3.63, 3.8) is 0 Å². The van der Waals surface area contributed by atoms with E-state index in [4.69, 9.17) is 9.97 Å². The number of aromatic nitrogens is 2. The molecule has 0 unspecified atom stereocenters. The molecule has 9 aromatic rings. The van der Waals surface area contributed by atoms with Crippen LogP contribution in [0.4, 0.5) is 0 Å². The van der Waals surface area contributed by atoms with Gasteiger partial charge in [-0.05, 0) is 74.3 Å². The number of nitriles is 1. The SMILES string of the molecule is N#Cc1cccc2c1-c1ccc(-c3cccc(-c4cc(-c5ccc(-c6ccccc6)cc5)nc(-c5ccccc5)n4)c3)cc1C2(c1ccccc1)c1ccccc1. The van der Waals surface area contributed by atoms with Gasteiger partial charge in [0.1, 0.15) is 0 Å². The summed E-state index contributed by atoms with van der Waals surface area (Å²) in [6.07, 6.45) is 0. The van der Waals surface area contributed by atoms with Crippen LogP contribution in [0.15, 0.2) is 212 Å². The first-order chi connectivity index (χ1) is 28.2. The average molecular weight is 726 g/mol. The molecule has 0 N–H and O–H groups in total. The fourth-order valence-corrected chi connectivity index (χ4v) is 8.59. The van der Waals surface area contributed by atoms with E-state index in [0.29, 0.717) is 11.4 Å². The maximum Gasteiger partial charge on any atom is 0.160 e. The summed E-state index contributed by atoms with van der Waals surface area (Å²) in [7, 11) is 0. The largest absolute Gasteiger partial charge is 0.228 e. The lowest BCUT2D eigenvalue weighted by molar-refractivity contribution is 0.768. The van der Waals surface area contributed by atoms with Gasteiger partial charge < -0.3 is 0 Å². The highest BCUT2D eigenvalue weighted by atomic mass is 14.9. The van der Waals surface area contributed by atoms with E-state index in [2.05, 4.69) is 182 Å². The minimum atomic E-state index is -0.615. The minimum Gasteiger partial charge on any atom is -0.228 e. The smallest absolute Gasteiger partial charge is 0.160 e. The molecule has 1 heterocycles. The fraction of sp³-hybridized carbons (Fsp3) is 0.0185. The number of benzene rings is 8. The van der Waals surface area contributed by atoms with Crippen molar-refractivity contribution in [3.8, 4) is 73.4 Å². The monoisotopic (exact) mass is 725 g/mol. The van der Waals surface area contributed by atoms with Gasteiger partial charge in [-0.25, -0.2) is 9.97 Å². The molecule has 1 aromatic heterocycles. The predicted molar refractivity (Wildman–Crippen MR) is 231 cm³/mol. The number of fused-ring (bicyclic) bond motifs is 3. The second kappa shape index (κ2) is 14.2. The second-order valence-electron chi connectivity index (χ2n) is 14.4. The topological polar surface area (TPSA) is 49.6 Å². The lowest BCUT2D eigenvalue weighted by Crippen LogP contribution is -2.28. The third-order valence-electron chi connectivity index (χ3n) is 11.2. The highest BCUT2D eigenvalue weighted by Gasteiger charge is 2.47. The Morgan fingerprint density at radius 2 is 0.860 bits per heavy atom. The Balaban J connectivity index is 1.12. The summed E-state index contributed by atoms with van der Waals surface area (Å²) in [4.78, 5) is 10.3. The minimum absolute atomic E-state index is 0.615. The number of hydrogen-bond acceptors (Lipinski definition) is 3. The molecule has 0 fully saturated rings. The van der Waals surface area contributed by atoms with Crippen LogP contribution in [0, 0.1) is 11.3 Å². The van der Waals surface area contributed by atoms with E-state index in [1.165, 1.54) is 5.56 Å². The van der Waals surface area contributed by atoms with Gasteiger partial charge >= 0.3 is 0 Å². The summed E-state index contributed by atoms with van der Waals surface area (Å²) in [5.41, 5.74) is 16.0. The summed E-state index contributed by atoms with van der Waals surface area (Å²) in [5.74, 6) is 0.680. The Morgan fingerprint density at radius 3 is 1.51 bits per heavy atom. The van der Waals surface area contributed by atoms with Crippen molar-refractivity contribution in [2.75, 3.05) is 0 Å². The Morgan fingerprint density at radius 1 is 0.368 bits per heavy atom. The standard InChI is InChI=1S/C54H35N3/c55-36-44-21-14-26-48-52(44)47-32-31-42(34-49(47)54(48,45-22-9-3-10-23-45)46-24-11-4-12-25-46)41-19-13-20-43(33-41)51-35-50(56-53(57-51)40-17-7-2-8-18-40)39-29-27-38(28-30-39)37-15-5-1-6-16-37/h1-35H. The number of nitrogens with zero attached hydrogens (tertiary/aromatic N) is 3. The molecule has 57 heavy (non-hydrogen) atoms. The zero-order valence-corrected chi connectivity index (χ0v) is 31.0. The van der Waals surface area contributed by atoms with Gasteiger partial charge in [0, 0.05) is 22.3 Å². The summed E-state index contributed by atoms with van der Waals surface area (Å²) >= 11 is 0. The van der Waals surface area contributed by atoms with Crippen LogP contribution in [0.3, 0.4) is 0 Å². The van der Waals surface area contributed by atoms with Gasteiger partial charge in [-0.2, -0.15) is 5.26 Å². The Kier molecular flexibility index (Phi) is 8.43. The molecular formula is C54H35N3. The van der Waals surface area contributed by atoms with Gasteiger partial charge in [0.05, 0.1) is 28.4 Å². The van der Waals surface area contributed by atoms with Crippen molar-refractivity contribution in [1.29, 1.82) is 5.26 Å². The molecular weight excluding hydrogens is 691 g/mol. The third-order valence-corrected chi connectivity index (χ3v) is 11.2. The molecule has 266 valence electrons. The molecule has 3 heteroatoms. The first-order valence-electron chi connectivity index (χ1n) is 19.2. The molecule has 0 amide bonds. The Hall–Kier alpha value is -7.67. The van der Waals surface area contributed by atoms with Crippen LogP contribution in [0.25, 0.3) is 67.3 Å². The van der Waals surface area contributed by atoms with Crippen molar-refractivity contribution >= 4 is 0 Å². The van der Waals surface area contributed by atoms with Gasteiger partial charge in [0.25, 0.3) is 0 Å². The predicted octanol–water partition coefficient (Wildman–Crippen LogP) is 13.0. The molecule has 3 nitrogen and oxygen atoms in total. The van der Waals surface area contributed by atoms with E-state index < -0.39 is 5.41 Å². The summed E-state index contributed by atoms with van der Waals surface area (Å²) in [5, 5.41) is 10.4. The van der Waals surface area contributed by atoms with Crippen molar-refractivity contribution < 1.29 is 0 Å². The molecule has 0 saturated heterocycles. The highest BCUT2D eigenvalue weighted by Crippen LogP contribution is 2.57. The van der Waals surface area contributed by atoms with Gasteiger partial charge in [-0.3, -0.25) is 0 Å². The average Bonchev–Trinajstić information content (AvgIpc) is 3.61. The van der Waals surface area contributed by atoms with Gasteiger partial charge in [0.2, 0.25) is 0 Å². The lowest BCUT2D eigenvalue weighted by atomic mass is 9.67. The lowest BCUT2D eigenvalue weighted by Gasteiger charge is -2.34. The van der Waals surface area contributed by atoms with Gasteiger partial charge in [-0.1, -0.05) is 188 Å². The van der Waals surface area contributed by atoms with Crippen LogP contribution in [0.5, 0.6) is 0 Å². The van der Waals surface area contributed by atoms with Crippen LogP contribution >= 0.6 is 0 Å².